The molecule has 0 fully saturated rings. The van der Waals surface area contributed by atoms with Crippen LogP contribution in [0.15, 0.2) is 72.8 Å². The van der Waals surface area contributed by atoms with Crippen molar-refractivity contribution in [2.45, 2.75) is 12.5 Å². The predicted molar refractivity (Wildman–Crippen MR) is 117 cm³/mol. The zero-order chi connectivity index (χ0) is 22.6. The molecule has 1 unspecified atom stereocenters. The molecule has 4 aromatic rings. The second-order valence-electron chi connectivity index (χ2n) is 6.85. The lowest BCUT2D eigenvalue weighted by atomic mass is 10.1. The van der Waals surface area contributed by atoms with Crippen LogP contribution in [0, 0.1) is 11.8 Å². The Labute approximate surface area is 183 Å². The number of aromatic nitrogens is 4. The van der Waals surface area contributed by atoms with E-state index >= 15 is 0 Å². The van der Waals surface area contributed by atoms with Gasteiger partial charge in [-0.2, -0.15) is 13.1 Å². The molecule has 2 N–H and O–H groups in total. The lowest BCUT2D eigenvalue weighted by Crippen LogP contribution is -2.45. The van der Waals surface area contributed by atoms with Gasteiger partial charge in [0.2, 0.25) is 5.82 Å². The predicted octanol–water partition coefficient (Wildman–Crippen LogP) is 1.60. The van der Waals surface area contributed by atoms with Crippen LogP contribution in [0.4, 0.5) is 0 Å². The largest absolute Gasteiger partial charge is 0.480 e. The molecule has 0 aliphatic heterocycles. The molecular weight excluding hydrogens is 430 g/mol. The van der Waals surface area contributed by atoms with Crippen molar-refractivity contribution in [2.24, 2.45) is 0 Å². The number of fused-ring (bicyclic) bond motifs is 1. The van der Waals surface area contributed by atoms with E-state index < -0.39 is 22.2 Å². The van der Waals surface area contributed by atoms with Gasteiger partial charge in [0.1, 0.15) is 6.04 Å². The molecule has 32 heavy (non-hydrogen) atoms. The molecule has 4 rings (SSSR count). The number of benzene rings is 3. The van der Waals surface area contributed by atoms with Crippen LogP contribution >= 0.6 is 0 Å². The lowest BCUT2D eigenvalue weighted by Gasteiger charge is -2.13. The third-order valence-corrected chi connectivity index (χ3v) is 5.72. The number of carboxylic acids is 1. The van der Waals surface area contributed by atoms with Gasteiger partial charge in [-0.25, -0.2) is 0 Å². The summed E-state index contributed by atoms with van der Waals surface area (Å²) in [5.74, 6) is 4.10. The van der Waals surface area contributed by atoms with E-state index in [9.17, 15) is 18.3 Å². The Morgan fingerprint density at radius 2 is 1.72 bits per heavy atom. The van der Waals surface area contributed by atoms with Crippen molar-refractivity contribution in [3.05, 3.63) is 89.7 Å². The van der Waals surface area contributed by atoms with Crippen LogP contribution in [-0.4, -0.2) is 45.1 Å². The fourth-order valence-corrected chi connectivity index (χ4v) is 3.96. The van der Waals surface area contributed by atoms with Crippen LogP contribution in [0.25, 0.3) is 10.8 Å². The Hall–Kier alpha value is -4.07. The maximum atomic E-state index is 12.5. The fraction of sp³-hybridized carbons (Fsp3) is 0.0909. The molecule has 0 bridgehead atoms. The molecule has 0 spiro atoms. The molecule has 9 nitrogen and oxygen atoms in total. The maximum absolute atomic E-state index is 12.5. The number of nitrogens with one attached hydrogen (secondary N) is 1. The van der Waals surface area contributed by atoms with Crippen molar-refractivity contribution in [3.8, 4) is 11.8 Å². The van der Waals surface area contributed by atoms with Gasteiger partial charge < -0.3 is 5.11 Å². The van der Waals surface area contributed by atoms with Gasteiger partial charge in [0.15, 0.2) is 0 Å². The van der Waals surface area contributed by atoms with Crippen molar-refractivity contribution in [2.75, 3.05) is 0 Å². The minimum atomic E-state index is -4.38. The van der Waals surface area contributed by atoms with Crippen LogP contribution in [0.3, 0.4) is 0 Å². The maximum Gasteiger partial charge on any atom is 0.339 e. The zero-order valence-corrected chi connectivity index (χ0v) is 17.4. The third kappa shape index (κ3) is 4.97. The molecule has 160 valence electrons. The summed E-state index contributed by atoms with van der Waals surface area (Å²) in [6.45, 7) is 0. The Balaban J connectivity index is 1.51. The van der Waals surface area contributed by atoms with Crippen molar-refractivity contribution in [1.29, 1.82) is 0 Å². The smallest absolute Gasteiger partial charge is 0.339 e. The van der Waals surface area contributed by atoms with E-state index in [0.29, 0.717) is 15.3 Å². The van der Waals surface area contributed by atoms with Crippen molar-refractivity contribution < 1.29 is 18.3 Å². The van der Waals surface area contributed by atoms with E-state index in [1.165, 1.54) is 0 Å². The van der Waals surface area contributed by atoms with Gasteiger partial charge in [-0.15, -0.1) is 5.10 Å². The van der Waals surface area contributed by atoms with Crippen LogP contribution in [0.1, 0.15) is 17.0 Å². The van der Waals surface area contributed by atoms with E-state index in [-0.39, 0.29) is 12.2 Å². The first-order valence-electron chi connectivity index (χ1n) is 9.51. The Morgan fingerprint density at radius 1 is 1.00 bits per heavy atom. The second kappa shape index (κ2) is 8.97. The van der Waals surface area contributed by atoms with Crippen LogP contribution in [-0.2, 0) is 21.4 Å². The first-order chi connectivity index (χ1) is 15.4. The third-order valence-electron chi connectivity index (χ3n) is 4.55. The average molecular weight is 447 g/mol. The van der Waals surface area contributed by atoms with Gasteiger partial charge in [0.25, 0.3) is 0 Å². The summed E-state index contributed by atoms with van der Waals surface area (Å²) in [5, 5.41) is 22.4. The molecule has 3 aromatic carbocycles. The number of rotatable bonds is 6. The van der Waals surface area contributed by atoms with Gasteiger partial charge in [0, 0.05) is 5.56 Å². The minimum Gasteiger partial charge on any atom is -0.480 e. The summed E-state index contributed by atoms with van der Waals surface area (Å²) >= 11 is 0. The molecule has 10 heteroatoms. The van der Waals surface area contributed by atoms with Crippen LogP contribution in [0.2, 0.25) is 0 Å². The van der Waals surface area contributed by atoms with E-state index in [0.717, 1.165) is 10.8 Å². The van der Waals surface area contributed by atoms with Crippen molar-refractivity contribution in [1.82, 2.24) is 24.3 Å². The van der Waals surface area contributed by atoms with Gasteiger partial charge in [-0.05, 0) is 50.2 Å². The molecular formula is C22H17N5O4S. The average Bonchev–Trinajstić information content (AvgIpc) is 3.28. The summed E-state index contributed by atoms with van der Waals surface area (Å²) < 4.78 is 27.5. The molecule has 1 atom stereocenters. The van der Waals surface area contributed by atoms with Gasteiger partial charge in [-0.1, -0.05) is 71.7 Å². The summed E-state index contributed by atoms with van der Waals surface area (Å²) in [6, 6.07) is 20.7. The Kier molecular flexibility index (Phi) is 5.93. The number of carboxylic acid groups (broad SMARTS) is 1. The highest BCUT2D eigenvalue weighted by Gasteiger charge is 2.27. The quantitative estimate of drug-likeness (QED) is 0.430. The number of tetrazole rings is 1. The first-order valence-corrected chi connectivity index (χ1v) is 11.0. The topological polar surface area (TPSA) is 127 Å². The summed E-state index contributed by atoms with van der Waals surface area (Å²) in [4.78, 5) is 11.6. The SMILES string of the molecule is O=C(O)C(Cc1ccccc1)NS(=O)(=O)n1nnc(C#Cc2ccc3ccccc3c2)n1. The number of aliphatic carboxylic acids is 1. The van der Waals surface area contributed by atoms with Gasteiger partial charge >= 0.3 is 16.2 Å². The van der Waals surface area contributed by atoms with Crippen LogP contribution in [0.5, 0.6) is 0 Å². The van der Waals surface area contributed by atoms with Gasteiger partial charge in [0.05, 0.1) is 0 Å². The minimum absolute atomic E-state index is 0.0429. The monoisotopic (exact) mass is 447 g/mol. The number of hydrogen-bond donors (Lipinski definition) is 2. The Bertz CT molecular complexity index is 1440. The van der Waals surface area contributed by atoms with Gasteiger partial charge in [-0.3, -0.25) is 4.79 Å². The van der Waals surface area contributed by atoms with Crippen LogP contribution < -0.4 is 4.72 Å². The molecule has 0 aliphatic rings. The second-order valence-corrected chi connectivity index (χ2v) is 8.36. The molecule has 0 saturated carbocycles. The highest BCUT2D eigenvalue weighted by Crippen LogP contribution is 2.15. The van der Waals surface area contributed by atoms with Crippen molar-refractivity contribution in [3.63, 3.8) is 0 Å². The highest BCUT2D eigenvalue weighted by atomic mass is 32.2. The molecule has 0 radical (unpaired) electrons. The molecule has 0 saturated heterocycles. The number of carbonyl (C=O) groups is 1. The zero-order valence-electron chi connectivity index (χ0n) is 16.6. The summed E-state index contributed by atoms with van der Waals surface area (Å²) in [6.07, 6.45) is -0.0429. The molecule has 1 heterocycles. The Morgan fingerprint density at radius 3 is 2.47 bits per heavy atom. The molecule has 0 amide bonds. The fourth-order valence-electron chi connectivity index (χ4n) is 3.00. The van der Waals surface area contributed by atoms with E-state index in [4.69, 9.17) is 0 Å². The lowest BCUT2D eigenvalue weighted by molar-refractivity contribution is -0.138. The summed E-state index contributed by atoms with van der Waals surface area (Å²) in [5.41, 5.74) is 1.37. The van der Waals surface area contributed by atoms with E-state index in [1.54, 1.807) is 30.3 Å². The van der Waals surface area contributed by atoms with E-state index in [2.05, 4.69) is 32.0 Å². The first kappa shape index (κ1) is 21.2. The molecule has 1 aromatic heterocycles. The molecule has 0 aliphatic carbocycles. The highest BCUT2D eigenvalue weighted by molar-refractivity contribution is 7.87. The van der Waals surface area contributed by atoms with Crippen molar-refractivity contribution >= 4 is 27.0 Å². The number of nitrogens with zero attached hydrogens (tertiary/aromatic N) is 4. The standard InChI is InChI=1S/C22H17N5O4S/c28-22(29)20(15-16-6-2-1-3-7-16)25-32(30,31)27-24-21(23-26-27)13-11-17-10-12-18-8-4-5-9-19(18)14-17/h1-10,12,14,20,25H,15H2,(H,28,29). The normalized spacial score (nSPS) is 12.1. The van der Waals surface area contributed by atoms with E-state index in [1.807, 2.05) is 42.5 Å². The number of hydrogen-bond acceptors (Lipinski definition) is 6. The summed E-state index contributed by atoms with van der Waals surface area (Å²) in [7, 11) is -4.38.